The van der Waals surface area contributed by atoms with E-state index < -0.39 is 24.4 Å². The number of carbonyl (C=O) groups is 4. The van der Waals surface area contributed by atoms with Gasteiger partial charge in [0, 0.05) is 23.7 Å². The average Bonchev–Trinajstić information content (AvgIpc) is 2.76. The van der Waals surface area contributed by atoms with E-state index in [0.717, 1.165) is 0 Å². The maximum Gasteiger partial charge on any atom is 0.306 e. The summed E-state index contributed by atoms with van der Waals surface area (Å²) in [6.07, 6.45) is -0.325. The van der Waals surface area contributed by atoms with Gasteiger partial charge in [0.2, 0.25) is 5.91 Å². The second-order valence-electron chi connectivity index (χ2n) is 6.46. The fourth-order valence-electron chi connectivity index (χ4n) is 2.56. The van der Waals surface area contributed by atoms with Crippen LogP contribution in [0.15, 0.2) is 42.5 Å². The van der Waals surface area contributed by atoms with Gasteiger partial charge in [0.15, 0.2) is 12.4 Å². The Kier molecular flexibility index (Phi) is 8.56. The Balaban J connectivity index is 1.76. The highest BCUT2D eigenvalue weighted by molar-refractivity contribution is 5.98. The predicted octanol–water partition coefficient (Wildman–Crippen LogP) is 2.81. The molecular weight excluding hydrogens is 404 g/mol. The molecule has 0 aromatic heterocycles. The lowest BCUT2D eigenvalue weighted by Gasteiger charge is -2.12. The molecule has 0 heterocycles. The maximum absolute atomic E-state index is 12.0. The van der Waals surface area contributed by atoms with Crippen LogP contribution in [0.1, 0.15) is 30.1 Å². The van der Waals surface area contributed by atoms with Crippen molar-refractivity contribution in [2.75, 3.05) is 31.5 Å². The van der Waals surface area contributed by atoms with Gasteiger partial charge in [0.25, 0.3) is 5.91 Å². The third-order valence-electron chi connectivity index (χ3n) is 4.16. The van der Waals surface area contributed by atoms with Crippen LogP contribution in [0.4, 0.5) is 11.4 Å². The molecule has 0 radical (unpaired) electrons. The van der Waals surface area contributed by atoms with Crippen LogP contribution in [0.3, 0.4) is 0 Å². The number of benzene rings is 2. The second kappa shape index (κ2) is 11.3. The highest BCUT2D eigenvalue weighted by Gasteiger charge is 2.13. The molecule has 9 nitrogen and oxygen atoms in total. The monoisotopic (exact) mass is 428 g/mol. The molecule has 2 aromatic rings. The van der Waals surface area contributed by atoms with Crippen molar-refractivity contribution in [1.82, 2.24) is 0 Å². The lowest BCUT2D eigenvalue weighted by Crippen LogP contribution is -2.22. The Bertz CT molecular complexity index is 972. The second-order valence-corrected chi connectivity index (χ2v) is 6.46. The van der Waals surface area contributed by atoms with E-state index in [4.69, 9.17) is 14.2 Å². The van der Waals surface area contributed by atoms with Crippen LogP contribution in [0.2, 0.25) is 0 Å². The summed E-state index contributed by atoms with van der Waals surface area (Å²) in [5.41, 5.74) is 1.33. The van der Waals surface area contributed by atoms with Crippen LogP contribution in [0.5, 0.6) is 11.5 Å². The average molecular weight is 428 g/mol. The molecule has 31 heavy (non-hydrogen) atoms. The van der Waals surface area contributed by atoms with E-state index in [9.17, 15) is 19.2 Å². The Morgan fingerprint density at radius 2 is 1.65 bits per heavy atom. The normalized spacial score (nSPS) is 10.0. The Hall–Kier alpha value is -3.88. The fraction of sp³-hybridized carbons (Fsp3) is 0.273. The molecular formula is C22H24N2O7. The van der Waals surface area contributed by atoms with Crippen LogP contribution in [0, 0.1) is 0 Å². The van der Waals surface area contributed by atoms with Crippen molar-refractivity contribution in [2.24, 2.45) is 0 Å². The first-order valence-electron chi connectivity index (χ1n) is 9.40. The number of hydrogen-bond donors (Lipinski definition) is 2. The lowest BCUT2D eigenvalue weighted by atomic mass is 10.1. The number of ketones is 1. The van der Waals surface area contributed by atoms with Crippen LogP contribution < -0.4 is 20.1 Å². The molecule has 0 fully saturated rings. The molecule has 0 atom stereocenters. The highest BCUT2D eigenvalue weighted by Crippen LogP contribution is 2.28. The number of anilines is 2. The molecule has 0 saturated carbocycles. The third kappa shape index (κ3) is 7.46. The molecule has 2 amide bonds. The van der Waals surface area contributed by atoms with Gasteiger partial charge in [0.1, 0.15) is 11.5 Å². The van der Waals surface area contributed by atoms with Crippen molar-refractivity contribution in [1.29, 1.82) is 0 Å². The first-order valence-corrected chi connectivity index (χ1v) is 9.40. The lowest BCUT2D eigenvalue weighted by molar-refractivity contribution is -0.147. The molecule has 0 aliphatic heterocycles. The van der Waals surface area contributed by atoms with Crippen molar-refractivity contribution in [2.45, 2.75) is 19.8 Å². The highest BCUT2D eigenvalue weighted by atomic mass is 16.5. The van der Waals surface area contributed by atoms with Gasteiger partial charge in [0.05, 0.1) is 26.3 Å². The van der Waals surface area contributed by atoms with E-state index in [1.807, 2.05) is 0 Å². The van der Waals surface area contributed by atoms with Crippen LogP contribution in [-0.4, -0.2) is 44.4 Å². The number of esters is 1. The van der Waals surface area contributed by atoms with Gasteiger partial charge in [-0.2, -0.15) is 0 Å². The minimum absolute atomic E-state index is 0.120. The summed E-state index contributed by atoms with van der Waals surface area (Å²) in [4.78, 5) is 47.2. The Morgan fingerprint density at radius 1 is 0.871 bits per heavy atom. The number of amides is 2. The van der Waals surface area contributed by atoms with E-state index >= 15 is 0 Å². The summed E-state index contributed by atoms with van der Waals surface area (Å²) in [6, 6.07) is 11.3. The number of rotatable bonds is 10. The largest absolute Gasteiger partial charge is 0.497 e. The van der Waals surface area contributed by atoms with Crippen molar-refractivity contribution in [3.05, 3.63) is 48.0 Å². The van der Waals surface area contributed by atoms with Gasteiger partial charge in [-0.05, 0) is 31.2 Å². The van der Waals surface area contributed by atoms with Crippen LogP contribution in [-0.2, 0) is 19.1 Å². The number of ether oxygens (including phenoxy) is 3. The Labute approximate surface area is 179 Å². The quantitative estimate of drug-likeness (QED) is 0.441. The molecule has 2 aromatic carbocycles. The summed E-state index contributed by atoms with van der Waals surface area (Å²) in [7, 11) is 2.96. The van der Waals surface area contributed by atoms with E-state index in [0.29, 0.717) is 28.4 Å². The molecule has 164 valence electrons. The summed E-state index contributed by atoms with van der Waals surface area (Å²) in [5.74, 6) is -0.820. The SMILES string of the molecule is COc1ccc(NC(=O)COC(=O)CCC(=O)Nc2cccc(C(C)=O)c2)c(OC)c1. The molecule has 9 heteroatoms. The van der Waals surface area contributed by atoms with Gasteiger partial charge < -0.3 is 24.8 Å². The molecule has 0 spiro atoms. The van der Waals surface area contributed by atoms with E-state index in [1.165, 1.54) is 21.1 Å². The number of carbonyl (C=O) groups excluding carboxylic acids is 4. The van der Waals surface area contributed by atoms with E-state index in [1.54, 1.807) is 42.5 Å². The van der Waals surface area contributed by atoms with Crippen molar-refractivity contribution < 1.29 is 33.4 Å². The van der Waals surface area contributed by atoms with Crippen LogP contribution in [0.25, 0.3) is 0 Å². The molecule has 0 aliphatic carbocycles. The maximum atomic E-state index is 12.0. The van der Waals surface area contributed by atoms with Crippen molar-refractivity contribution >= 4 is 34.9 Å². The zero-order valence-electron chi connectivity index (χ0n) is 17.5. The third-order valence-corrected chi connectivity index (χ3v) is 4.16. The molecule has 0 unspecified atom stereocenters. The van der Waals surface area contributed by atoms with Gasteiger partial charge in [-0.1, -0.05) is 12.1 Å². The van der Waals surface area contributed by atoms with Gasteiger partial charge in [-0.3, -0.25) is 19.2 Å². The minimum atomic E-state index is -0.690. The first kappa shape index (κ1) is 23.4. The summed E-state index contributed by atoms with van der Waals surface area (Å²) in [5, 5.41) is 5.19. The zero-order chi connectivity index (χ0) is 22.8. The van der Waals surface area contributed by atoms with E-state index in [2.05, 4.69) is 10.6 Å². The van der Waals surface area contributed by atoms with Gasteiger partial charge in [-0.15, -0.1) is 0 Å². The molecule has 0 saturated heterocycles. The number of methoxy groups -OCH3 is 2. The summed E-state index contributed by atoms with van der Waals surface area (Å²) < 4.78 is 15.2. The summed E-state index contributed by atoms with van der Waals surface area (Å²) >= 11 is 0. The van der Waals surface area contributed by atoms with Gasteiger partial charge >= 0.3 is 5.97 Å². The number of hydrogen-bond acceptors (Lipinski definition) is 7. The first-order chi connectivity index (χ1) is 14.8. The number of nitrogens with one attached hydrogen (secondary N) is 2. The van der Waals surface area contributed by atoms with Gasteiger partial charge in [-0.25, -0.2) is 0 Å². The smallest absolute Gasteiger partial charge is 0.306 e. The Morgan fingerprint density at radius 3 is 2.32 bits per heavy atom. The van der Waals surface area contributed by atoms with E-state index in [-0.39, 0.29) is 18.6 Å². The van der Waals surface area contributed by atoms with Crippen molar-refractivity contribution in [3.63, 3.8) is 0 Å². The van der Waals surface area contributed by atoms with Crippen molar-refractivity contribution in [3.8, 4) is 11.5 Å². The topological polar surface area (TPSA) is 120 Å². The predicted molar refractivity (Wildman–Crippen MR) is 113 cm³/mol. The summed E-state index contributed by atoms with van der Waals surface area (Å²) in [6.45, 7) is 0.925. The zero-order valence-corrected chi connectivity index (χ0v) is 17.5. The fourth-order valence-corrected chi connectivity index (χ4v) is 2.56. The standard InChI is InChI=1S/C22H24N2O7/c1-14(25)15-5-4-6-16(11-15)23-20(26)9-10-22(28)31-13-21(27)24-18-8-7-17(29-2)12-19(18)30-3/h4-8,11-12H,9-10,13H2,1-3H3,(H,23,26)(H,24,27). The molecule has 2 rings (SSSR count). The molecule has 2 N–H and O–H groups in total. The molecule has 0 bridgehead atoms. The molecule has 0 aliphatic rings. The number of Topliss-reactive ketones (excluding diaryl/α,β-unsaturated/α-hetero) is 1. The van der Waals surface area contributed by atoms with Crippen LogP contribution >= 0.6 is 0 Å². The minimum Gasteiger partial charge on any atom is -0.497 e.